The van der Waals surface area contributed by atoms with E-state index in [0.717, 1.165) is 11.3 Å². The number of aryl methyl sites for hydroxylation is 2. The van der Waals surface area contributed by atoms with E-state index in [2.05, 4.69) is 5.10 Å². The summed E-state index contributed by atoms with van der Waals surface area (Å²) in [6, 6.07) is 0. The summed E-state index contributed by atoms with van der Waals surface area (Å²) < 4.78 is 6.54. The van der Waals surface area contributed by atoms with Crippen molar-refractivity contribution in [2.45, 2.75) is 13.5 Å². The Kier molecular flexibility index (Phi) is 3.85. The minimum atomic E-state index is -0.0271. The fourth-order valence-electron chi connectivity index (χ4n) is 1.38. The molecule has 5 heteroatoms. The van der Waals surface area contributed by atoms with Gasteiger partial charge in [-0.05, 0) is 6.92 Å². The minimum Gasteiger partial charge on any atom is -0.375 e. The molecule has 0 aromatic carbocycles. The molecule has 15 heavy (non-hydrogen) atoms. The quantitative estimate of drug-likeness (QED) is 0.721. The molecule has 0 N–H and O–H groups in total. The third-order valence-electron chi connectivity index (χ3n) is 2.22. The normalized spacial score (nSPS) is 10.4. The number of hydrogen-bond acceptors (Lipinski definition) is 3. The van der Waals surface area contributed by atoms with Gasteiger partial charge in [0.1, 0.15) is 6.61 Å². The summed E-state index contributed by atoms with van der Waals surface area (Å²) in [4.78, 5) is 13.1. The SMILES string of the molecule is COCC(=O)N(C)Cc1cn(C)nc1C. The second-order valence-electron chi connectivity index (χ2n) is 3.60. The van der Waals surface area contributed by atoms with E-state index in [9.17, 15) is 4.79 Å². The van der Waals surface area contributed by atoms with Crippen molar-refractivity contribution in [3.8, 4) is 0 Å². The first-order valence-corrected chi connectivity index (χ1v) is 4.76. The third-order valence-corrected chi connectivity index (χ3v) is 2.22. The van der Waals surface area contributed by atoms with Gasteiger partial charge in [0.25, 0.3) is 0 Å². The van der Waals surface area contributed by atoms with Gasteiger partial charge in [-0.3, -0.25) is 9.48 Å². The zero-order chi connectivity index (χ0) is 11.4. The first kappa shape index (κ1) is 11.7. The van der Waals surface area contributed by atoms with Crippen LogP contribution in [0, 0.1) is 6.92 Å². The molecule has 0 aliphatic rings. The van der Waals surface area contributed by atoms with Crippen molar-refractivity contribution in [3.05, 3.63) is 17.5 Å². The molecular formula is C10H17N3O2. The van der Waals surface area contributed by atoms with Gasteiger partial charge in [-0.1, -0.05) is 0 Å². The van der Waals surface area contributed by atoms with E-state index in [-0.39, 0.29) is 12.5 Å². The van der Waals surface area contributed by atoms with Crippen molar-refractivity contribution in [3.63, 3.8) is 0 Å². The monoisotopic (exact) mass is 211 g/mol. The molecule has 0 spiro atoms. The van der Waals surface area contributed by atoms with Crippen LogP contribution >= 0.6 is 0 Å². The number of aromatic nitrogens is 2. The van der Waals surface area contributed by atoms with Crippen LogP contribution in [0.3, 0.4) is 0 Å². The van der Waals surface area contributed by atoms with Crippen LogP contribution in [0.2, 0.25) is 0 Å². The summed E-state index contributed by atoms with van der Waals surface area (Å²) in [6.45, 7) is 2.63. The minimum absolute atomic E-state index is 0.0271. The van der Waals surface area contributed by atoms with Gasteiger partial charge in [0.2, 0.25) is 5.91 Å². The summed E-state index contributed by atoms with van der Waals surface area (Å²) in [7, 11) is 5.14. The fourth-order valence-corrected chi connectivity index (χ4v) is 1.38. The number of methoxy groups -OCH3 is 1. The van der Waals surface area contributed by atoms with E-state index < -0.39 is 0 Å². The summed E-state index contributed by atoms with van der Waals surface area (Å²) >= 11 is 0. The number of carbonyl (C=O) groups excluding carboxylic acids is 1. The first-order chi connectivity index (χ1) is 7.04. The van der Waals surface area contributed by atoms with E-state index in [1.807, 2.05) is 20.2 Å². The Bertz CT molecular complexity index is 346. The lowest BCUT2D eigenvalue weighted by atomic mass is 10.2. The van der Waals surface area contributed by atoms with Gasteiger partial charge in [0.15, 0.2) is 0 Å². The molecule has 1 rings (SSSR count). The maximum atomic E-state index is 11.4. The van der Waals surface area contributed by atoms with Crippen molar-refractivity contribution < 1.29 is 9.53 Å². The molecule has 1 amide bonds. The van der Waals surface area contributed by atoms with Gasteiger partial charge in [-0.2, -0.15) is 5.10 Å². The molecular weight excluding hydrogens is 194 g/mol. The van der Waals surface area contributed by atoms with Gasteiger partial charge in [-0.15, -0.1) is 0 Å². The van der Waals surface area contributed by atoms with Gasteiger partial charge >= 0.3 is 0 Å². The highest BCUT2D eigenvalue weighted by Gasteiger charge is 2.11. The van der Waals surface area contributed by atoms with Crippen LogP contribution < -0.4 is 0 Å². The standard InChI is InChI=1S/C10H17N3O2/c1-8-9(6-13(3)11-8)5-12(2)10(14)7-15-4/h6H,5,7H2,1-4H3. The van der Waals surface area contributed by atoms with Crippen molar-refractivity contribution in [2.24, 2.45) is 7.05 Å². The number of amides is 1. The smallest absolute Gasteiger partial charge is 0.248 e. The Balaban J connectivity index is 2.61. The second kappa shape index (κ2) is 4.93. The lowest BCUT2D eigenvalue weighted by molar-refractivity contribution is -0.134. The van der Waals surface area contributed by atoms with E-state index in [1.165, 1.54) is 7.11 Å². The van der Waals surface area contributed by atoms with E-state index in [4.69, 9.17) is 4.74 Å². The maximum Gasteiger partial charge on any atom is 0.248 e. The largest absolute Gasteiger partial charge is 0.375 e. The third kappa shape index (κ3) is 3.06. The van der Waals surface area contributed by atoms with Gasteiger partial charge in [0, 0.05) is 39.5 Å². The van der Waals surface area contributed by atoms with Crippen molar-refractivity contribution in [1.29, 1.82) is 0 Å². The van der Waals surface area contributed by atoms with Crippen LogP contribution in [-0.2, 0) is 23.1 Å². The highest BCUT2D eigenvalue weighted by molar-refractivity contribution is 5.77. The highest BCUT2D eigenvalue weighted by Crippen LogP contribution is 2.07. The Morgan fingerprint density at radius 1 is 1.67 bits per heavy atom. The number of nitrogens with zero attached hydrogens (tertiary/aromatic N) is 3. The number of hydrogen-bond donors (Lipinski definition) is 0. The number of ether oxygens (including phenoxy) is 1. The molecule has 1 heterocycles. The zero-order valence-corrected chi connectivity index (χ0v) is 9.65. The van der Waals surface area contributed by atoms with Gasteiger partial charge < -0.3 is 9.64 Å². The summed E-state index contributed by atoms with van der Waals surface area (Å²) in [5.74, 6) is -0.0271. The van der Waals surface area contributed by atoms with Crippen molar-refractivity contribution in [1.82, 2.24) is 14.7 Å². The predicted molar refractivity (Wildman–Crippen MR) is 56.3 cm³/mol. The Hall–Kier alpha value is -1.36. The molecule has 0 fully saturated rings. The number of rotatable bonds is 4. The van der Waals surface area contributed by atoms with E-state index in [0.29, 0.717) is 6.54 Å². The Morgan fingerprint density at radius 2 is 2.33 bits per heavy atom. The average molecular weight is 211 g/mol. The molecule has 5 nitrogen and oxygen atoms in total. The molecule has 0 bridgehead atoms. The first-order valence-electron chi connectivity index (χ1n) is 4.76. The van der Waals surface area contributed by atoms with Gasteiger partial charge in [-0.25, -0.2) is 0 Å². The highest BCUT2D eigenvalue weighted by atomic mass is 16.5. The molecule has 0 aliphatic heterocycles. The van der Waals surface area contributed by atoms with Crippen LogP contribution in [0.4, 0.5) is 0 Å². The Morgan fingerprint density at radius 3 is 2.80 bits per heavy atom. The fraction of sp³-hybridized carbons (Fsp3) is 0.600. The summed E-state index contributed by atoms with van der Waals surface area (Å²) in [5.41, 5.74) is 2.01. The molecule has 1 aromatic heterocycles. The molecule has 1 aromatic rings. The summed E-state index contributed by atoms with van der Waals surface area (Å²) in [5, 5.41) is 4.22. The maximum absolute atomic E-state index is 11.4. The lowest BCUT2D eigenvalue weighted by Gasteiger charge is -2.15. The molecule has 0 aliphatic carbocycles. The molecule has 0 saturated carbocycles. The predicted octanol–water partition coefficient (Wildman–Crippen LogP) is 0.333. The molecule has 0 unspecified atom stereocenters. The summed E-state index contributed by atoms with van der Waals surface area (Å²) in [6.07, 6.45) is 1.92. The molecule has 0 saturated heterocycles. The topological polar surface area (TPSA) is 47.4 Å². The van der Waals surface area contributed by atoms with Crippen LogP contribution in [0.5, 0.6) is 0 Å². The van der Waals surface area contributed by atoms with Crippen LogP contribution in [0.1, 0.15) is 11.3 Å². The van der Waals surface area contributed by atoms with Crippen LogP contribution in [-0.4, -0.2) is 41.4 Å². The average Bonchev–Trinajstić information content (AvgIpc) is 2.45. The van der Waals surface area contributed by atoms with Crippen molar-refractivity contribution >= 4 is 5.91 Å². The number of likely N-dealkylation sites (N-methyl/N-ethyl adjacent to an activating group) is 1. The zero-order valence-electron chi connectivity index (χ0n) is 9.65. The van der Waals surface area contributed by atoms with E-state index in [1.54, 1.807) is 16.6 Å². The second-order valence-corrected chi connectivity index (χ2v) is 3.60. The van der Waals surface area contributed by atoms with Gasteiger partial charge in [0.05, 0.1) is 5.69 Å². The molecule has 0 radical (unpaired) electrons. The molecule has 0 atom stereocenters. The van der Waals surface area contributed by atoms with E-state index >= 15 is 0 Å². The van der Waals surface area contributed by atoms with Crippen molar-refractivity contribution in [2.75, 3.05) is 20.8 Å². The molecule has 84 valence electrons. The van der Waals surface area contributed by atoms with Crippen LogP contribution in [0.15, 0.2) is 6.20 Å². The number of carbonyl (C=O) groups is 1. The Labute approximate surface area is 89.6 Å². The van der Waals surface area contributed by atoms with Crippen LogP contribution in [0.25, 0.3) is 0 Å². The lowest BCUT2D eigenvalue weighted by Crippen LogP contribution is -2.29.